The Morgan fingerprint density at radius 2 is 2.13 bits per heavy atom. The predicted molar refractivity (Wildman–Crippen MR) is 107 cm³/mol. The van der Waals surface area contributed by atoms with Crippen molar-refractivity contribution in [2.75, 3.05) is 36.6 Å². The second-order valence-electron chi connectivity index (χ2n) is 7.16. The summed E-state index contributed by atoms with van der Waals surface area (Å²) in [5.41, 5.74) is 2.01. The van der Waals surface area contributed by atoms with Crippen LogP contribution in [-0.4, -0.2) is 63.3 Å². The lowest BCUT2D eigenvalue weighted by Gasteiger charge is -2.43. The van der Waals surface area contributed by atoms with Crippen LogP contribution in [-0.2, 0) is 16.0 Å². The first-order valence-electron chi connectivity index (χ1n) is 9.77. The lowest BCUT2D eigenvalue weighted by Crippen LogP contribution is -2.58. The summed E-state index contributed by atoms with van der Waals surface area (Å²) in [5, 5.41) is 0. The fraction of sp³-hybridized carbons (Fsp3) is 0.350. The van der Waals surface area contributed by atoms with Crippen molar-refractivity contribution in [3.63, 3.8) is 0 Å². The number of pyridine rings is 1. The Kier molecular flexibility index (Phi) is 4.43. The molecule has 1 fully saturated rings. The molecule has 0 N–H and O–H groups in total. The number of halogens is 1. The summed E-state index contributed by atoms with van der Waals surface area (Å²) in [6.07, 6.45) is 5.15. The van der Waals surface area contributed by atoms with Crippen LogP contribution in [0.25, 0.3) is 17.5 Å². The number of nitrogens with zero attached hydrogens (tertiary/aromatic N) is 7. The number of rotatable bonds is 3. The second kappa shape index (κ2) is 7.13. The monoisotopic (exact) mass is 409 g/mol. The Bertz CT molecular complexity index is 1110. The highest BCUT2D eigenvalue weighted by Crippen LogP contribution is 2.38. The van der Waals surface area contributed by atoms with Gasteiger partial charge in [0.2, 0.25) is 5.95 Å². The van der Waals surface area contributed by atoms with E-state index in [-0.39, 0.29) is 5.91 Å². The van der Waals surface area contributed by atoms with Gasteiger partial charge in [-0.3, -0.25) is 9.36 Å². The number of amides is 1. The van der Waals surface area contributed by atoms with Gasteiger partial charge in [-0.2, -0.15) is 4.98 Å². The number of hydrogen-bond acceptors (Lipinski definition) is 7. The third-order valence-electron chi connectivity index (χ3n) is 5.43. The van der Waals surface area contributed by atoms with Gasteiger partial charge >= 0.3 is 0 Å². The lowest BCUT2D eigenvalue weighted by atomic mass is 10.1. The number of aromatic nitrogens is 5. The smallest absolute Gasteiger partial charge is 0.252 e. The van der Waals surface area contributed by atoms with E-state index in [0.29, 0.717) is 49.5 Å². The molecule has 0 saturated carbocycles. The van der Waals surface area contributed by atoms with Crippen molar-refractivity contribution in [3.05, 3.63) is 42.2 Å². The first-order valence-corrected chi connectivity index (χ1v) is 9.77. The summed E-state index contributed by atoms with van der Waals surface area (Å²) < 4.78 is 20.6. The summed E-state index contributed by atoms with van der Waals surface area (Å²) in [4.78, 5) is 34.5. The van der Waals surface area contributed by atoms with Crippen molar-refractivity contribution in [1.29, 1.82) is 0 Å². The molecule has 9 nitrogen and oxygen atoms in total. The molecule has 3 aromatic heterocycles. The maximum absolute atomic E-state index is 13.3. The van der Waals surface area contributed by atoms with E-state index in [4.69, 9.17) is 14.7 Å². The van der Waals surface area contributed by atoms with Gasteiger partial charge in [-0.15, -0.1) is 0 Å². The van der Waals surface area contributed by atoms with Crippen LogP contribution in [0.3, 0.4) is 0 Å². The SMILES string of the molecule is CCc1nc(-n2ccnc2-c2ccc(F)cn2)nc2c1N(C)C(=O)C1COCCN21. The molecule has 1 unspecified atom stereocenters. The molecular weight excluding hydrogens is 389 g/mol. The molecule has 154 valence electrons. The van der Waals surface area contributed by atoms with Crippen LogP contribution in [0.1, 0.15) is 12.6 Å². The van der Waals surface area contributed by atoms with Gasteiger partial charge in [-0.05, 0) is 18.6 Å². The number of fused-ring (bicyclic) bond motifs is 3. The van der Waals surface area contributed by atoms with Crippen molar-refractivity contribution >= 4 is 17.4 Å². The minimum Gasteiger partial charge on any atom is -0.377 e. The number of carbonyl (C=O) groups is 1. The van der Waals surface area contributed by atoms with E-state index in [0.717, 1.165) is 17.6 Å². The van der Waals surface area contributed by atoms with Crippen LogP contribution in [0.2, 0.25) is 0 Å². The largest absolute Gasteiger partial charge is 0.377 e. The summed E-state index contributed by atoms with van der Waals surface area (Å²) in [5.74, 6) is 1.21. The first-order chi connectivity index (χ1) is 14.6. The van der Waals surface area contributed by atoms with Crippen LogP contribution in [0, 0.1) is 5.82 Å². The van der Waals surface area contributed by atoms with Gasteiger partial charge in [0.05, 0.1) is 25.1 Å². The van der Waals surface area contributed by atoms with Crippen LogP contribution >= 0.6 is 0 Å². The van der Waals surface area contributed by atoms with Gasteiger partial charge in [0, 0.05) is 26.0 Å². The minimum absolute atomic E-state index is 0.0212. The standard InChI is InChI=1S/C20H20FN7O2/c1-3-13-16-18(27-8-9-30-11-15(27)19(29)26(16)2)25-20(24-13)28-7-6-22-17(28)14-5-4-12(21)10-23-14/h4-7,10,15H,3,8-9,11H2,1-2H3. The molecular formula is C20H20FN7O2. The maximum atomic E-state index is 13.3. The second-order valence-corrected chi connectivity index (χ2v) is 7.16. The normalized spacial score (nSPS) is 18.4. The molecule has 2 aliphatic heterocycles. The average Bonchev–Trinajstić information content (AvgIpc) is 3.27. The summed E-state index contributed by atoms with van der Waals surface area (Å²) in [7, 11) is 1.75. The van der Waals surface area contributed by atoms with Gasteiger partial charge in [0.25, 0.3) is 5.91 Å². The molecule has 1 amide bonds. The minimum atomic E-state index is -0.416. The van der Waals surface area contributed by atoms with Crippen molar-refractivity contribution in [3.8, 4) is 17.5 Å². The molecule has 2 aliphatic rings. The lowest BCUT2D eigenvalue weighted by molar-refractivity contribution is -0.122. The molecule has 0 aromatic carbocycles. The quantitative estimate of drug-likeness (QED) is 0.649. The molecule has 10 heteroatoms. The van der Waals surface area contributed by atoms with Crippen LogP contribution in [0.15, 0.2) is 30.7 Å². The van der Waals surface area contributed by atoms with Crippen molar-refractivity contribution in [2.45, 2.75) is 19.4 Å². The summed E-state index contributed by atoms with van der Waals surface area (Å²) >= 11 is 0. The first kappa shape index (κ1) is 18.6. The Balaban J connectivity index is 1.67. The van der Waals surface area contributed by atoms with Gasteiger partial charge in [-0.25, -0.2) is 19.3 Å². The van der Waals surface area contributed by atoms with Gasteiger partial charge in [-0.1, -0.05) is 6.92 Å². The van der Waals surface area contributed by atoms with Gasteiger partial charge in [0.15, 0.2) is 11.6 Å². The molecule has 0 radical (unpaired) electrons. The number of carbonyl (C=O) groups excluding carboxylic acids is 1. The third kappa shape index (κ3) is 2.83. The molecule has 1 saturated heterocycles. The zero-order chi connectivity index (χ0) is 20.8. The zero-order valence-electron chi connectivity index (χ0n) is 16.6. The molecule has 0 spiro atoms. The molecule has 1 atom stereocenters. The molecule has 30 heavy (non-hydrogen) atoms. The van der Waals surface area contributed by atoms with Crippen molar-refractivity contribution in [2.24, 2.45) is 0 Å². The molecule has 0 aliphatic carbocycles. The van der Waals surface area contributed by atoms with Crippen molar-refractivity contribution in [1.82, 2.24) is 24.5 Å². The molecule has 0 bridgehead atoms. The Hall–Kier alpha value is -3.40. The van der Waals surface area contributed by atoms with E-state index < -0.39 is 11.9 Å². The van der Waals surface area contributed by atoms with Gasteiger partial charge in [0.1, 0.15) is 23.2 Å². The van der Waals surface area contributed by atoms with Crippen LogP contribution < -0.4 is 9.80 Å². The molecule has 5 heterocycles. The summed E-state index contributed by atoms with van der Waals surface area (Å²) in [6, 6.07) is 2.51. The van der Waals surface area contributed by atoms with Crippen molar-refractivity contribution < 1.29 is 13.9 Å². The summed E-state index contributed by atoms with van der Waals surface area (Å²) in [6.45, 7) is 3.43. The maximum Gasteiger partial charge on any atom is 0.252 e. The Morgan fingerprint density at radius 1 is 1.27 bits per heavy atom. The number of imidazole rings is 1. The fourth-order valence-corrected chi connectivity index (χ4v) is 3.93. The molecule has 5 rings (SSSR count). The topological polar surface area (TPSA) is 89.3 Å². The number of hydrogen-bond donors (Lipinski definition) is 0. The number of ether oxygens (including phenoxy) is 1. The number of morpholine rings is 1. The van der Waals surface area contributed by atoms with Crippen LogP contribution in [0.5, 0.6) is 0 Å². The van der Waals surface area contributed by atoms with E-state index in [9.17, 15) is 9.18 Å². The van der Waals surface area contributed by atoms with E-state index in [1.54, 1.807) is 35.0 Å². The Labute approximate surface area is 172 Å². The van der Waals surface area contributed by atoms with E-state index in [2.05, 4.69) is 9.97 Å². The number of likely N-dealkylation sites (N-methyl/N-ethyl adjacent to an activating group) is 1. The number of anilines is 2. The highest BCUT2D eigenvalue weighted by atomic mass is 19.1. The average molecular weight is 409 g/mol. The fourth-order valence-electron chi connectivity index (χ4n) is 3.93. The predicted octanol–water partition coefficient (Wildman–Crippen LogP) is 1.61. The zero-order valence-corrected chi connectivity index (χ0v) is 16.6. The van der Waals surface area contributed by atoms with Gasteiger partial charge < -0.3 is 14.5 Å². The highest BCUT2D eigenvalue weighted by molar-refractivity contribution is 6.05. The van der Waals surface area contributed by atoms with E-state index in [1.165, 1.54) is 6.07 Å². The van der Waals surface area contributed by atoms with E-state index in [1.807, 2.05) is 11.8 Å². The third-order valence-corrected chi connectivity index (χ3v) is 5.43. The van der Waals surface area contributed by atoms with E-state index >= 15 is 0 Å². The number of aryl methyl sites for hydroxylation is 1. The Morgan fingerprint density at radius 3 is 2.90 bits per heavy atom. The van der Waals surface area contributed by atoms with Crippen LogP contribution in [0.4, 0.5) is 15.9 Å². The highest BCUT2D eigenvalue weighted by Gasteiger charge is 2.41. The molecule has 3 aromatic rings.